The highest BCUT2D eigenvalue weighted by atomic mass is 16.5. The van der Waals surface area contributed by atoms with Crippen LogP contribution in [0.4, 0.5) is 11.4 Å². The predicted octanol–water partition coefficient (Wildman–Crippen LogP) is 3.81. The summed E-state index contributed by atoms with van der Waals surface area (Å²) in [7, 11) is 0. The van der Waals surface area contributed by atoms with Gasteiger partial charge in [0.2, 0.25) is 0 Å². The predicted molar refractivity (Wildman–Crippen MR) is 99.5 cm³/mol. The second-order valence-electron chi connectivity index (χ2n) is 7.46. The summed E-state index contributed by atoms with van der Waals surface area (Å²) < 4.78 is 5.82. The van der Waals surface area contributed by atoms with Crippen molar-refractivity contribution < 1.29 is 14.6 Å². The number of amides is 1. The first-order valence-electron chi connectivity index (χ1n) is 8.39. The summed E-state index contributed by atoms with van der Waals surface area (Å²) in [4.78, 5) is 12.5. The average Bonchev–Trinajstić information content (AvgIpc) is 2.52. The Morgan fingerprint density at radius 2 is 2.00 bits per heavy atom. The molecule has 132 valence electrons. The normalized spacial score (nSPS) is 16.4. The van der Waals surface area contributed by atoms with Gasteiger partial charge in [-0.15, -0.1) is 0 Å². The summed E-state index contributed by atoms with van der Waals surface area (Å²) in [5, 5.41) is 16.2. The maximum atomic E-state index is 12.5. The standard InChI is InChI=1S/C20H24N2O3/c1-12-5-8-15-17(9-12)25-18(11-21-15)19(24)22-13-6-7-14(16(23)10-13)20(2,3)4/h5-10,18,21,23H,11H2,1-4H3,(H,22,24)/t18-/m1/s1. The molecule has 2 aromatic carbocycles. The lowest BCUT2D eigenvalue weighted by Crippen LogP contribution is -2.41. The fourth-order valence-corrected chi connectivity index (χ4v) is 2.88. The molecular weight excluding hydrogens is 316 g/mol. The van der Waals surface area contributed by atoms with Crippen LogP contribution in [0, 0.1) is 6.92 Å². The highest BCUT2D eigenvalue weighted by molar-refractivity contribution is 5.95. The van der Waals surface area contributed by atoms with Crippen LogP contribution in [-0.2, 0) is 10.2 Å². The lowest BCUT2D eigenvalue weighted by Gasteiger charge is -2.27. The van der Waals surface area contributed by atoms with Crippen LogP contribution in [-0.4, -0.2) is 23.7 Å². The molecule has 0 aromatic heterocycles. The average molecular weight is 340 g/mol. The first-order valence-corrected chi connectivity index (χ1v) is 8.39. The van der Waals surface area contributed by atoms with Crippen LogP contribution in [0.25, 0.3) is 0 Å². The molecule has 1 amide bonds. The number of carbonyl (C=O) groups is 1. The second-order valence-corrected chi connectivity index (χ2v) is 7.46. The van der Waals surface area contributed by atoms with Crippen molar-refractivity contribution in [2.24, 2.45) is 0 Å². The quantitative estimate of drug-likeness (QED) is 0.777. The van der Waals surface area contributed by atoms with Crippen molar-refractivity contribution in [2.45, 2.75) is 39.2 Å². The van der Waals surface area contributed by atoms with Crippen molar-refractivity contribution in [3.8, 4) is 11.5 Å². The number of ether oxygens (including phenoxy) is 1. The van der Waals surface area contributed by atoms with Gasteiger partial charge >= 0.3 is 0 Å². The fourth-order valence-electron chi connectivity index (χ4n) is 2.88. The van der Waals surface area contributed by atoms with Gasteiger partial charge in [0.15, 0.2) is 6.10 Å². The van der Waals surface area contributed by atoms with Gasteiger partial charge in [0.25, 0.3) is 5.91 Å². The van der Waals surface area contributed by atoms with E-state index in [-0.39, 0.29) is 17.1 Å². The van der Waals surface area contributed by atoms with Gasteiger partial charge in [-0.2, -0.15) is 0 Å². The van der Waals surface area contributed by atoms with Crippen molar-refractivity contribution in [3.05, 3.63) is 47.5 Å². The van der Waals surface area contributed by atoms with Crippen molar-refractivity contribution in [1.29, 1.82) is 0 Å². The van der Waals surface area contributed by atoms with E-state index in [1.807, 2.05) is 52.0 Å². The molecule has 0 fully saturated rings. The number of nitrogens with one attached hydrogen (secondary N) is 2. The molecule has 5 nitrogen and oxygen atoms in total. The van der Waals surface area contributed by atoms with Crippen LogP contribution in [0.1, 0.15) is 31.9 Å². The molecule has 3 rings (SSSR count). The highest BCUT2D eigenvalue weighted by Gasteiger charge is 2.26. The molecule has 0 aliphatic carbocycles. The number of benzene rings is 2. The Bertz CT molecular complexity index is 809. The van der Waals surface area contributed by atoms with Gasteiger partial charge in [-0.25, -0.2) is 0 Å². The van der Waals surface area contributed by atoms with E-state index in [1.165, 1.54) is 0 Å². The summed E-state index contributed by atoms with van der Waals surface area (Å²) >= 11 is 0. The zero-order chi connectivity index (χ0) is 18.2. The monoisotopic (exact) mass is 340 g/mol. The van der Waals surface area contributed by atoms with E-state index >= 15 is 0 Å². The van der Waals surface area contributed by atoms with E-state index in [4.69, 9.17) is 4.74 Å². The van der Waals surface area contributed by atoms with Crippen LogP contribution in [0.2, 0.25) is 0 Å². The van der Waals surface area contributed by atoms with Crippen molar-refractivity contribution in [2.75, 3.05) is 17.2 Å². The van der Waals surface area contributed by atoms with Crippen LogP contribution in [0.15, 0.2) is 36.4 Å². The van der Waals surface area contributed by atoms with E-state index in [1.54, 1.807) is 12.1 Å². The Hall–Kier alpha value is -2.69. The molecule has 2 aromatic rings. The number of aromatic hydroxyl groups is 1. The summed E-state index contributed by atoms with van der Waals surface area (Å²) in [5.41, 5.74) is 3.19. The van der Waals surface area contributed by atoms with Crippen LogP contribution in [0.5, 0.6) is 11.5 Å². The highest BCUT2D eigenvalue weighted by Crippen LogP contribution is 2.33. The third-order valence-electron chi connectivity index (χ3n) is 4.25. The van der Waals surface area contributed by atoms with Gasteiger partial charge in [0.05, 0.1) is 12.2 Å². The Balaban J connectivity index is 1.72. The van der Waals surface area contributed by atoms with Gasteiger partial charge in [0.1, 0.15) is 11.5 Å². The minimum Gasteiger partial charge on any atom is -0.508 e. The minimum atomic E-state index is -0.626. The molecule has 0 unspecified atom stereocenters. The second kappa shape index (κ2) is 6.31. The molecule has 1 atom stereocenters. The van der Waals surface area contributed by atoms with E-state index in [2.05, 4.69) is 10.6 Å². The molecule has 1 aliphatic heterocycles. The van der Waals surface area contributed by atoms with Crippen molar-refractivity contribution >= 4 is 17.3 Å². The number of phenols is 1. The lowest BCUT2D eigenvalue weighted by molar-refractivity contribution is -0.122. The maximum absolute atomic E-state index is 12.5. The fraction of sp³-hybridized carbons (Fsp3) is 0.350. The summed E-state index contributed by atoms with van der Waals surface area (Å²) in [6, 6.07) is 11.1. The number of rotatable bonds is 2. The molecule has 0 saturated heterocycles. The SMILES string of the molecule is Cc1ccc2c(c1)O[C@@H](C(=O)Nc1ccc(C(C)(C)C)c(O)c1)CN2. The topological polar surface area (TPSA) is 70.6 Å². The molecule has 0 spiro atoms. The number of hydrogen-bond donors (Lipinski definition) is 3. The van der Waals surface area contributed by atoms with Crippen molar-refractivity contribution in [3.63, 3.8) is 0 Å². The zero-order valence-electron chi connectivity index (χ0n) is 15.0. The van der Waals surface area contributed by atoms with Gasteiger partial charge < -0.3 is 20.5 Å². The molecule has 3 N–H and O–H groups in total. The first kappa shape index (κ1) is 17.1. The number of hydrogen-bond acceptors (Lipinski definition) is 4. The van der Waals surface area contributed by atoms with Crippen LogP contribution < -0.4 is 15.4 Å². The number of fused-ring (bicyclic) bond motifs is 1. The number of phenolic OH excluding ortho intramolecular Hbond substituents is 1. The molecule has 1 heterocycles. The number of aryl methyl sites for hydroxylation is 1. The Morgan fingerprint density at radius 1 is 1.24 bits per heavy atom. The zero-order valence-corrected chi connectivity index (χ0v) is 15.0. The molecule has 1 aliphatic rings. The third kappa shape index (κ3) is 3.71. The molecular formula is C20H24N2O3. The van der Waals surface area contributed by atoms with E-state index in [9.17, 15) is 9.90 Å². The molecule has 5 heteroatoms. The minimum absolute atomic E-state index is 0.162. The smallest absolute Gasteiger partial charge is 0.267 e. The number of carbonyl (C=O) groups excluding carboxylic acids is 1. The molecule has 25 heavy (non-hydrogen) atoms. The van der Waals surface area contributed by atoms with Gasteiger partial charge in [0, 0.05) is 11.8 Å². The van der Waals surface area contributed by atoms with Crippen LogP contribution >= 0.6 is 0 Å². The summed E-state index contributed by atoms with van der Waals surface area (Å²) in [6.07, 6.45) is -0.626. The summed E-state index contributed by atoms with van der Waals surface area (Å²) in [5.74, 6) is 0.605. The van der Waals surface area contributed by atoms with E-state index in [0.29, 0.717) is 18.0 Å². The number of anilines is 2. The van der Waals surface area contributed by atoms with Crippen molar-refractivity contribution in [1.82, 2.24) is 0 Å². The largest absolute Gasteiger partial charge is 0.508 e. The Morgan fingerprint density at radius 3 is 2.68 bits per heavy atom. The van der Waals surface area contributed by atoms with Crippen LogP contribution in [0.3, 0.4) is 0 Å². The molecule has 0 saturated carbocycles. The Labute approximate surface area is 148 Å². The molecule has 0 radical (unpaired) electrons. The third-order valence-corrected chi connectivity index (χ3v) is 4.25. The van der Waals surface area contributed by atoms with E-state index < -0.39 is 6.10 Å². The summed E-state index contributed by atoms with van der Waals surface area (Å²) in [6.45, 7) is 8.46. The molecule has 0 bridgehead atoms. The van der Waals surface area contributed by atoms with Gasteiger partial charge in [-0.1, -0.05) is 32.9 Å². The van der Waals surface area contributed by atoms with Gasteiger partial charge in [-0.05, 0) is 41.7 Å². The van der Waals surface area contributed by atoms with E-state index in [0.717, 1.165) is 16.8 Å². The lowest BCUT2D eigenvalue weighted by atomic mass is 9.86. The first-order chi connectivity index (χ1) is 11.7. The maximum Gasteiger partial charge on any atom is 0.267 e. The van der Waals surface area contributed by atoms with Gasteiger partial charge in [-0.3, -0.25) is 4.79 Å². The Kier molecular flexibility index (Phi) is 4.33.